The third-order valence-electron chi connectivity index (χ3n) is 5.43. The predicted octanol–water partition coefficient (Wildman–Crippen LogP) is 1.59. The summed E-state index contributed by atoms with van der Waals surface area (Å²) in [6.07, 6.45) is 5.54. The number of fused-ring (bicyclic) bond motifs is 2. The molecule has 0 saturated carbocycles. The van der Waals surface area contributed by atoms with Crippen molar-refractivity contribution in [1.82, 2.24) is 29.5 Å². The van der Waals surface area contributed by atoms with Gasteiger partial charge in [0.05, 0.1) is 24.6 Å². The summed E-state index contributed by atoms with van der Waals surface area (Å²) in [5.41, 5.74) is 3.70. The summed E-state index contributed by atoms with van der Waals surface area (Å²) in [6.45, 7) is 5.61. The molecule has 10 heteroatoms. The van der Waals surface area contributed by atoms with Gasteiger partial charge in [0.2, 0.25) is 5.65 Å². The fraction of sp³-hybridized carbons (Fsp3) is 0.333. The molecule has 0 spiro atoms. The highest BCUT2D eigenvalue weighted by Gasteiger charge is 2.21. The van der Waals surface area contributed by atoms with Gasteiger partial charge in [0, 0.05) is 56.7 Å². The number of imidazole rings is 1. The van der Waals surface area contributed by atoms with Crippen LogP contribution in [0.25, 0.3) is 16.6 Å². The Morgan fingerprint density at radius 3 is 2.74 bits per heavy atom. The van der Waals surface area contributed by atoms with E-state index in [2.05, 4.69) is 30.6 Å². The molecule has 31 heavy (non-hydrogen) atoms. The van der Waals surface area contributed by atoms with Gasteiger partial charge >= 0.3 is 0 Å². The largest absolute Gasteiger partial charge is 0.478 e. The zero-order valence-corrected chi connectivity index (χ0v) is 17.7. The number of methoxy groups -OCH3 is 1. The molecule has 0 aliphatic carbocycles. The molecule has 3 aromatic heterocycles. The van der Waals surface area contributed by atoms with Crippen molar-refractivity contribution in [3.8, 4) is 5.88 Å². The van der Waals surface area contributed by atoms with Crippen LogP contribution in [-0.2, 0) is 7.05 Å². The second-order valence-corrected chi connectivity index (χ2v) is 7.64. The van der Waals surface area contributed by atoms with E-state index in [4.69, 9.17) is 4.74 Å². The molecule has 0 radical (unpaired) electrons. The number of anilines is 2. The lowest BCUT2D eigenvalue weighted by Gasteiger charge is -2.30. The number of nitrogens with zero attached hydrogens (tertiary/aromatic N) is 6. The molecule has 1 aliphatic heterocycles. The summed E-state index contributed by atoms with van der Waals surface area (Å²) < 4.78 is 8.89. The van der Waals surface area contributed by atoms with E-state index < -0.39 is 0 Å². The summed E-state index contributed by atoms with van der Waals surface area (Å²) in [6, 6.07) is 3.83. The van der Waals surface area contributed by atoms with Crippen LogP contribution in [0.4, 0.5) is 11.5 Å². The molecular formula is C21H24N8O2. The highest BCUT2D eigenvalue weighted by atomic mass is 16.5. The first kappa shape index (κ1) is 19.3. The minimum atomic E-state index is -0.277. The number of benzene rings is 1. The average Bonchev–Trinajstić information content (AvgIpc) is 3.34. The smallest absolute Gasteiger partial charge is 0.260 e. The molecule has 5 rings (SSSR count). The molecule has 1 saturated heterocycles. The molecule has 4 aromatic rings. The summed E-state index contributed by atoms with van der Waals surface area (Å²) in [5.74, 6) is 0.450. The molecule has 10 nitrogen and oxygen atoms in total. The summed E-state index contributed by atoms with van der Waals surface area (Å²) >= 11 is 0. The fourth-order valence-electron chi connectivity index (χ4n) is 4.04. The maximum atomic E-state index is 13.2. The Hall–Kier alpha value is -3.66. The van der Waals surface area contributed by atoms with Gasteiger partial charge in [-0.25, -0.2) is 4.98 Å². The second-order valence-electron chi connectivity index (χ2n) is 7.64. The first-order chi connectivity index (χ1) is 15.0. The quantitative estimate of drug-likeness (QED) is 0.517. The van der Waals surface area contributed by atoms with Gasteiger partial charge in [-0.05, 0) is 19.1 Å². The van der Waals surface area contributed by atoms with Crippen molar-refractivity contribution in [3.05, 3.63) is 42.0 Å². The topological polar surface area (TPSA) is 102 Å². The predicted molar refractivity (Wildman–Crippen MR) is 118 cm³/mol. The number of nitrogens with one attached hydrogen (secondary N) is 2. The molecule has 0 bridgehead atoms. The molecule has 1 fully saturated rings. The highest BCUT2D eigenvalue weighted by molar-refractivity contribution is 6.13. The monoisotopic (exact) mass is 420 g/mol. The van der Waals surface area contributed by atoms with Gasteiger partial charge < -0.3 is 20.3 Å². The van der Waals surface area contributed by atoms with Crippen LogP contribution in [0.2, 0.25) is 0 Å². The van der Waals surface area contributed by atoms with Crippen molar-refractivity contribution in [3.63, 3.8) is 0 Å². The number of piperazine rings is 1. The second kappa shape index (κ2) is 7.55. The lowest BCUT2D eigenvalue weighted by atomic mass is 10.1. The SMILES string of the molecule is COc1nc(NC(=O)c2ccc(N3CCNCC3)c3cn(C)nc23)cn2cc(C)nc12. The highest BCUT2D eigenvalue weighted by Crippen LogP contribution is 2.30. The van der Waals surface area contributed by atoms with E-state index in [1.807, 2.05) is 38.5 Å². The third-order valence-corrected chi connectivity index (χ3v) is 5.43. The van der Waals surface area contributed by atoms with Crippen LogP contribution in [0.3, 0.4) is 0 Å². The molecule has 1 aliphatic rings. The molecule has 1 amide bonds. The van der Waals surface area contributed by atoms with Crippen LogP contribution < -0.4 is 20.3 Å². The number of aromatic nitrogens is 5. The number of carbonyl (C=O) groups excluding carboxylic acids is 1. The third kappa shape index (κ3) is 3.44. The lowest BCUT2D eigenvalue weighted by molar-refractivity contribution is 0.102. The molecular weight excluding hydrogens is 396 g/mol. The van der Waals surface area contributed by atoms with Crippen LogP contribution in [0.15, 0.2) is 30.7 Å². The van der Waals surface area contributed by atoms with Crippen molar-refractivity contribution in [2.24, 2.45) is 7.05 Å². The number of hydrogen-bond donors (Lipinski definition) is 2. The lowest BCUT2D eigenvalue weighted by Crippen LogP contribution is -2.43. The standard InChI is InChI=1S/C21H24N8O2/c1-13-10-29-12-17(25-21(31-3)19(29)23-13)24-20(30)14-4-5-16(28-8-6-22-7-9-28)15-11-27(2)26-18(14)15/h4-5,10-12,22H,6-9H2,1-3H3,(H,24,30). The summed E-state index contributed by atoms with van der Waals surface area (Å²) in [7, 11) is 3.40. The van der Waals surface area contributed by atoms with E-state index in [0.29, 0.717) is 28.4 Å². The summed E-state index contributed by atoms with van der Waals surface area (Å²) in [4.78, 5) is 24.3. The summed E-state index contributed by atoms with van der Waals surface area (Å²) in [5, 5.41) is 11.8. The van der Waals surface area contributed by atoms with Crippen molar-refractivity contribution in [2.75, 3.05) is 43.5 Å². The Kier molecular flexibility index (Phi) is 4.70. The number of rotatable bonds is 4. The van der Waals surface area contributed by atoms with Gasteiger partial charge in [-0.15, -0.1) is 0 Å². The Balaban J connectivity index is 1.51. The van der Waals surface area contributed by atoms with Gasteiger partial charge in [-0.1, -0.05) is 0 Å². The molecule has 1 aromatic carbocycles. The first-order valence-corrected chi connectivity index (χ1v) is 10.2. The van der Waals surface area contributed by atoms with E-state index in [1.165, 1.54) is 7.11 Å². The number of aryl methyl sites for hydroxylation is 2. The van der Waals surface area contributed by atoms with Gasteiger partial charge in [0.1, 0.15) is 5.52 Å². The van der Waals surface area contributed by atoms with E-state index in [1.54, 1.807) is 15.3 Å². The normalized spacial score (nSPS) is 14.4. The number of hydrogen-bond acceptors (Lipinski definition) is 7. The van der Waals surface area contributed by atoms with Crippen LogP contribution >= 0.6 is 0 Å². The molecule has 0 unspecified atom stereocenters. The Bertz CT molecular complexity index is 1290. The number of carbonyl (C=O) groups is 1. The van der Waals surface area contributed by atoms with Gasteiger partial charge in [0.25, 0.3) is 11.8 Å². The van der Waals surface area contributed by atoms with Crippen LogP contribution in [-0.4, -0.2) is 63.3 Å². The van der Waals surface area contributed by atoms with Crippen molar-refractivity contribution in [2.45, 2.75) is 6.92 Å². The maximum absolute atomic E-state index is 13.2. The zero-order chi connectivity index (χ0) is 21.5. The van der Waals surface area contributed by atoms with Crippen molar-refractivity contribution >= 4 is 34.0 Å². The van der Waals surface area contributed by atoms with E-state index >= 15 is 0 Å². The molecule has 0 atom stereocenters. The average molecular weight is 420 g/mol. The zero-order valence-electron chi connectivity index (χ0n) is 17.7. The molecule has 2 N–H and O–H groups in total. The van der Waals surface area contributed by atoms with Gasteiger partial charge in [-0.3, -0.25) is 13.9 Å². The first-order valence-electron chi connectivity index (χ1n) is 10.2. The van der Waals surface area contributed by atoms with Crippen LogP contribution in [0.5, 0.6) is 5.88 Å². The van der Waals surface area contributed by atoms with E-state index in [0.717, 1.165) is 42.9 Å². The Morgan fingerprint density at radius 1 is 1.16 bits per heavy atom. The van der Waals surface area contributed by atoms with Crippen LogP contribution in [0.1, 0.15) is 16.1 Å². The molecule has 4 heterocycles. The van der Waals surface area contributed by atoms with Gasteiger partial charge in [-0.2, -0.15) is 10.1 Å². The minimum absolute atomic E-state index is 0.277. The Labute approximate surface area is 178 Å². The van der Waals surface area contributed by atoms with E-state index in [-0.39, 0.29) is 5.91 Å². The van der Waals surface area contributed by atoms with Crippen molar-refractivity contribution < 1.29 is 9.53 Å². The van der Waals surface area contributed by atoms with Gasteiger partial charge in [0.15, 0.2) is 5.82 Å². The minimum Gasteiger partial charge on any atom is -0.478 e. The Morgan fingerprint density at radius 2 is 1.97 bits per heavy atom. The van der Waals surface area contributed by atoms with Crippen molar-refractivity contribution in [1.29, 1.82) is 0 Å². The van der Waals surface area contributed by atoms with Crippen LogP contribution in [0, 0.1) is 6.92 Å². The van der Waals surface area contributed by atoms with E-state index in [9.17, 15) is 4.79 Å². The number of amides is 1. The fourth-order valence-corrected chi connectivity index (χ4v) is 4.04. The maximum Gasteiger partial charge on any atom is 0.260 e. The molecule has 160 valence electrons. The number of ether oxygens (including phenoxy) is 1.